The Morgan fingerprint density at radius 3 is 2.57 bits per heavy atom. The van der Waals surface area contributed by atoms with E-state index >= 15 is 0 Å². The molecule has 7 heteroatoms. The van der Waals surface area contributed by atoms with Crippen molar-refractivity contribution in [1.29, 1.82) is 0 Å². The first kappa shape index (κ1) is 16.2. The summed E-state index contributed by atoms with van der Waals surface area (Å²) in [6.07, 6.45) is 0. The largest absolute Gasteiger partial charge is 0.398 e. The molecule has 1 aliphatic heterocycles. The maximum Gasteiger partial charge on any atom is 0.240 e. The second-order valence-electron chi connectivity index (χ2n) is 5.31. The molecule has 1 aromatic carbocycles. The minimum atomic E-state index is -3.51. The molecule has 3 N–H and O–H groups in total. The molecule has 0 radical (unpaired) electrons. The zero-order chi connectivity index (χ0) is 15.5. The number of ether oxygens (including phenoxy) is 1. The number of nitrogen functional groups attached to an aromatic ring is 1. The number of hydrogen-bond acceptors (Lipinski definition) is 5. The second kappa shape index (κ2) is 6.74. The van der Waals surface area contributed by atoms with Crippen LogP contribution in [0.3, 0.4) is 0 Å². The van der Waals surface area contributed by atoms with Crippen molar-refractivity contribution in [1.82, 2.24) is 9.62 Å². The number of aryl methyl sites for hydroxylation is 1. The number of benzene rings is 1. The van der Waals surface area contributed by atoms with Gasteiger partial charge in [-0.1, -0.05) is 0 Å². The van der Waals surface area contributed by atoms with Gasteiger partial charge in [-0.2, -0.15) is 0 Å². The SMILES string of the molecule is Cc1cc(S(=O)(=O)NCCN2CCOCC2)cc(N)c1C. The van der Waals surface area contributed by atoms with Crippen molar-refractivity contribution >= 4 is 15.7 Å². The van der Waals surface area contributed by atoms with Crippen LogP contribution in [0, 0.1) is 13.8 Å². The van der Waals surface area contributed by atoms with E-state index in [1.54, 1.807) is 6.07 Å². The van der Waals surface area contributed by atoms with Crippen LogP contribution in [0.1, 0.15) is 11.1 Å². The van der Waals surface area contributed by atoms with Gasteiger partial charge in [0.25, 0.3) is 0 Å². The molecule has 118 valence electrons. The van der Waals surface area contributed by atoms with Gasteiger partial charge >= 0.3 is 0 Å². The van der Waals surface area contributed by atoms with Crippen LogP contribution >= 0.6 is 0 Å². The highest BCUT2D eigenvalue weighted by Crippen LogP contribution is 2.21. The van der Waals surface area contributed by atoms with Crippen molar-refractivity contribution in [3.63, 3.8) is 0 Å². The van der Waals surface area contributed by atoms with Crippen LogP contribution in [0.15, 0.2) is 17.0 Å². The molecule has 1 aromatic rings. The smallest absolute Gasteiger partial charge is 0.240 e. The quantitative estimate of drug-likeness (QED) is 0.773. The number of hydrogen-bond donors (Lipinski definition) is 2. The third-order valence-electron chi connectivity index (χ3n) is 3.82. The first-order chi connectivity index (χ1) is 9.90. The lowest BCUT2D eigenvalue weighted by Gasteiger charge is -2.26. The molecular formula is C14H23N3O3S. The Morgan fingerprint density at radius 1 is 1.29 bits per heavy atom. The third-order valence-corrected chi connectivity index (χ3v) is 5.26. The number of anilines is 1. The van der Waals surface area contributed by atoms with Crippen molar-refractivity contribution < 1.29 is 13.2 Å². The van der Waals surface area contributed by atoms with E-state index in [0.717, 1.165) is 24.2 Å². The summed E-state index contributed by atoms with van der Waals surface area (Å²) in [5, 5.41) is 0. The van der Waals surface area contributed by atoms with Crippen LogP contribution < -0.4 is 10.5 Å². The fourth-order valence-corrected chi connectivity index (χ4v) is 3.39. The van der Waals surface area contributed by atoms with Crippen LogP contribution in [0.4, 0.5) is 5.69 Å². The third kappa shape index (κ3) is 4.16. The summed E-state index contributed by atoms with van der Waals surface area (Å²) in [6, 6.07) is 3.17. The Morgan fingerprint density at radius 2 is 1.95 bits per heavy atom. The summed E-state index contributed by atoms with van der Waals surface area (Å²) in [5.74, 6) is 0. The van der Waals surface area contributed by atoms with Gasteiger partial charge in [0.2, 0.25) is 10.0 Å². The van der Waals surface area contributed by atoms with E-state index in [9.17, 15) is 8.42 Å². The van der Waals surface area contributed by atoms with E-state index in [4.69, 9.17) is 10.5 Å². The Labute approximate surface area is 126 Å². The van der Waals surface area contributed by atoms with Crippen molar-refractivity contribution in [2.45, 2.75) is 18.7 Å². The van der Waals surface area contributed by atoms with Crippen LogP contribution in [0.2, 0.25) is 0 Å². The molecule has 21 heavy (non-hydrogen) atoms. The topological polar surface area (TPSA) is 84.7 Å². The molecule has 0 unspecified atom stereocenters. The predicted octanol–water partition coefficient (Wildman–Crippen LogP) is 0.496. The zero-order valence-corrected chi connectivity index (χ0v) is 13.4. The van der Waals surface area contributed by atoms with Gasteiger partial charge < -0.3 is 10.5 Å². The molecule has 2 rings (SSSR count). The average Bonchev–Trinajstić information content (AvgIpc) is 2.45. The second-order valence-corrected chi connectivity index (χ2v) is 7.07. The molecule has 0 amide bonds. The number of sulfonamides is 1. The Hall–Kier alpha value is -1.15. The summed E-state index contributed by atoms with van der Waals surface area (Å²) in [5.41, 5.74) is 8.15. The standard InChI is InChI=1S/C14H23N3O3S/c1-11-9-13(10-14(15)12(11)2)21(18,19)16-3-4-17-5-7-20-8-6-17/h9-10,16H,3-8,15H2,1-2H3. The molecule has 1 heterocycles. The molecule has 1 aliphatic rings. The molecular weight excluding hydrogens is 290 g/mol. The minimum Gasteiger partial charge on any atom is -0.398 e. The highest BCUT2D eigenvalue weighted by atomic mass is 32.2. The molecule has 0 bridgehead atoms. The van der Waals surface area contributed by atoms with E-state index in [0.29, 0.717) is 32.0 Å². The van der Waals surface area contributed by atoms with E-state index in [2.05, 4.69) is 9.62 Å². The predicted molar refractivity (Wildman–Crippen MR) is 82.8 cm³/mol. The summed E-state index contributed by atoms with van der Waals surface area (Å²) in [4.78, 5) is 2.41. The highest BCUT2D eigenvalue weighted by Gasteiger charge is 2.17. The van der Waals surface area contributed by atoms with Gasteiger partial charge in [-0.25, -0.2) is 13.1 Å². The van der Waals surface area contributed by atoms with Gasteiger partial charge in [-0.15, -0.1) is 0 Å². The van der Waals surface area contributed by atoms with Crippen molar-refractivity contribution in [2.24, 2.45) is 0 Å². The fraction of sp³-hybridized carbons (Fsp3) is 0.571. The molecule has 0 aliphatic carbocycles. The number of nitrogens with two attached hydrogens (primary N) is 1. The van der Waals surface area contributed by atoms with Gasteiger partial charge in [0, 0.05) is 31.9 Å². The molecule has 6 nitrogen and oxygen atoms in total. The zero-order valence-electron chi connectivity index (χ0n) is 12.6. The van der Waals surface area contributed by atoms with Crippen LogP contribution in [-0.2, 0) is 14.8 Å². The molecule has 1 fully saturated rings. The summed E-state index contributed by atoms with van der Waals surface area (Å²) in [7, 11) is -3.51. The van der Waals surface area contributed by atoms with E-state index in [1.807, 2.05) is 13.8 Å². The van der Waals surface area contributed by atoms with Crippen LogP contribution in [-0.4, -0.2) is 52.7 Å². The van der Waals surface area contributed by atoms with Gasteiger partial charge in [-0.3, -0.25) is 4.90 Å². The first-order valence-electron chi connectivity index (χ1n) is 7.06. The lowest BCUT2D eigenvalue weighted by molar-refractivity contribution is 0.0390. The summed E-state index contributed by atoms with van der Waals surface area (Å²) in [6.45, 7) is 7.92. The van der Waals surface area contributed by atoms with E-state index in [1.165, 1.54) is 6.07 Å². The lowest BCUT2D eigenvalue weighted by atomic mass is 10.1. The number of morpholine rings is 1. The van der Waals surface area contributed by atoms with E-state index < -0.39 is 10.0 Å². The first-order valence-corrected chi connectivity index (χ1v) is 8.55. The van der Waals surface area contributed by atoms with Gasteiger partial charge in [-0.05, 0) is 37.1 Å². The van der Waals surface area contributed by atoms with Crippen molar-refractivity contribution in [2.75, 3.05) is 45.1 Å². The number of rotatable bonds is 5. The Balaban J connectivity index is 1.98. The van der Waals surface area contributed by atoms with Crippen LogP contribution in [0.25, 0.3) is 0 Å². The van der Waals surface area contributed by atoms with Gasteiger partial charge in [0.05, 0.1) is 18.1 Å². The monoisotopic (exact) mass is 313 g/mol. The lowest BCUT2D eigenvalue weighted by Crippen LogP contribution is -2.41. The maximum atomic E-state index is 12.3. The number of nitrogens with one attached hydrogen (secondary N) is 1. The maximum absolute atomic E-state index is 12.3. The average molecular weight is 313 g/mol. The minimum absolute atomic E-state index is 0.227. The van der Waals surface area contributed by atoms with Crippen molar-refractivity contribution in [3.8, 4) is 0 Å². The van der Waals surface area contributed by atoms with Crippen molar-refractivity contribution in [3.05, 3.63) is 23.3 Å². The Kier molecular flexibility index (Phi) is 5.21. The van der Waals surface area contributed by atoms with E-state index in [-0.39, 0.29) is 4.90 Å². The fourth-order valence-electron chi connectivity index (χ4n) is 2.25. The molecule has 1 saturated heterocycles. The normalized spacial score (nSPS) is 17.0. The summed E-state index contributed by atoms with van der Waals surface area (Å²) >= 11 is 0. The molecule has 0 spiro atoms. The summed E-state index contributed by atoms with van der Waals surface area (Å²) < 4.78 is 32.4. The Bertz CT molecular complexity index is 572. The van der Waals surface area contributed by atoms with Crippen LogP contribution in [0.5, 0.6) is 0 Å². The molecule has 0 saturated carbocycles. The van der Waals surface area contributed by atoms with Gasteiger partial charge in [0.15, 0.2) is 0 Å². The molecule has 0 aromatic heterocycles. The highest BCUT2D eigenvalue weighted by molar-refractivity contribution is 7.89. The van der Waals surface area contributed by atoms with Gasteiger partial charge in [0.1, 0.15) is 0 Å². The number of nitrogens with zero attached hydrogens (tertiary/aromatic N) is 1. The molecule has 0 atom stereocenters.